The number of rotatable bonds is 7. The molecule has 0 radical (unpaired) electrons. The van der Waals surface area contributed by atoms with Crippen molar-refractivity contribution in [3.63, 3.8) is 0 Å². The van der Waals surface area contributed by atoms with Crippen molar-refractivity contribution in [3.8, 4) is 5.75 Å². The number of nitrogens with one attached hydrogen (secondary N) is 2. The number of carbonyl (C=O) groups is 2. The van der Waals surface area contributed by atoms with Gasteiger partial charge in [-0.2, -0.15) is 0 Å². The number of para-hydroxylation sites is 1. The minimum Gasteiger partial charge on any atom is -0.497 e. The number of amides is 2. The number of aromatic amines is 1. The lowest BCUT2D eigenvalue weighted by Gasteiger charge is -2.22. The van der Waals surface area contributed by atoms with Crippen molar-refractivity contribution in [2.24, 2.45) is 0 Å². The van der Waals surface area contributed by atoms with Crippen molar-refractivity contribution in [2.75, 3.05) is 26.7 Å². The second-order valence-electron chi connectivity index (χ2n) is 8.05. The smallest absolute Gasteiger partial charge is 0.239 e. The van der Waals surface area contributed by atoms with E-state index in [9.17, 15) is 9.59 Å². The molecule has 0 spiro atoms. The summed E-state index contributed by atoms with van der Waals surface area (Å²) in [6.07, 6.45) is 5.48. The summed E-state index contributed by atoms with van der Waals surface area (Å²) in [6, 6.07) is 16.1. The molecule has 3 aromatic rings. The highest BCUT2D eigenvalue weighted by molar-refractivity contribution is 5.86. The molecule has 6 nitrogen and oxygen atoms in total. The van der Waals surface area contributed by atoms with E-state index in [1.165, 1.54) is 0 Å². The number of aromatic nitrogens is 1. The van der Waals surface area contributed by atoms with Crippen LogP contribution in [0.4, 0.5) is 0 Å². The normalized spacial score (nSPS) is 15.5. The zero-order valence-electron chi connectivity index (χ0n) is 17.9. The molecule has 1 fully saturated rings. The number of benzene rings is 2. The van der Waals surface area contributed by atoms with Crippen LogP contribution in [-0.4, -0.2) is 48.4 Å². The maximum atomic E-state index is 12.7. The third-order valence-electron chi connectivity index (χ3n) is 6.02. The summed E-state index contributed by atoms with van der Waals surface area (Å²) in [6.45, 7) is 1.24. The van der Waals surface area contributed by atoms with Gasteiger partial charge < -0.3 is 19.9 Å². The van der Waals surface area contributed by atoms with Gasteiger partial charge in [0.2, 0.25) is 11.8 Å². The fraction of sp³-hybridized carbons (Fsp3) is 0.360. The molecule has 4 rings (SSSR count). The first-order chi connectivity index (χ1) is 15.2. The standard InChI is InChI=1S/C25H29N3O3/c1-31-19-12-10-18(11-13-19)21(22-16-26-23-8-5-4-7-20(22)23)15-27-24(29)17-28-14-6-2-3-9-25(28)30/h4-5,7-8,10-13,16,21,26H,2-3,6,9,14-15,17H2,1H3,(H,27,29). The molecular formula is C25H29N3O3. The Kier molecular flexibility index (Phi) is 6.55. The van der Waals surface area contributed by atoms with Crippen molar-refractivity contribution >= 4 is 22.7 Å². The van der Waals surface area contributed by atoms with Gasteiger partial charge in [-0.3, -0.25) is 9.59 Å². The number of fused-ring (bicyclic) bond motifs is 1. The highest BCUT2D eigenvalue weighted by atomic mass is 16.5. The van der Waals surface area contributed by atoms with Crippen LogP contribution < -0.4 is 10.1 Å². The Morgan fingerprint density at radius 3 is 2.74 bits per heavy atom. The van der Waals surface area contributed by atoms with E-state index in [-0.39, 0.29) is 24.3 Å². The second kappa shape index (κ2) is 9.69. The average Bonchev–Trinajstić information content (AvgIpc) is 3.12. The van der Waals surface area contributed by atoms with Crippen LogP contribution in [0.3, 0.4) is 0 Å². The van der Waals surface area contributed by atoms with Crippen LogP contribution in [0.15, 0.2) is 54.7 Å². The summed E-state index contributed by atoms with van der Waals surface area (Å²) in [5, 5.41) is 4.21. The van der Waals surface area contributed by atoms with Gasteiger partial charge in [-0.1, -0.05) is 36.8 Å². The summed E-state index contributed by atoms with van der Waals surface area (Å²) in [7, 11) is 1.65. The Morgan fingerprint density at radius 2 is 1.94 bits per heavy atom. The number of methoxy groups -OCH3 is 1. The average molecular weight is 420 g/mol. The number of H-pyrrole nitrogens is 1. The number of hydrogen-bond donors (Lipinski definition) is 2. The molecule has 1 saturated heterocycles. The fourth-order valence-electron chi connectivity index (χ4n) is 4.28. The molecule has 0 bridgehead atoms. The van der Waals surface area contributed by atoms with Crippen LogP contribution in [0.2, 0.25) is 0 Å². The van der Waals surface area contributed by atoms with E-state index in [0.717, 1.165) is 47.0 Å². The number of nitrogens with zero attached hydrogens (tertiary/aromatic N) is 1. The summed E-state index contributed by atoms with van der Waals surface area (Å²) < 4.78 is 5.30. The van der Waals surface area contributed by atoms with Crippen LogP contribution in [0.5, 0.6) is 5.75 Å². The minimum absolute atomic E-state index is 0.0224. The molecule has 1 aliphatic rings. The van der Waals surface area contributed by atoms with Crippen LogP contribution in [-0.2, 0) is 9.59 Å². The molecule has 2 heterocycles. The summed E-state index contributed by atoms with van der Waals surface area (Å²) in [5.41, 5.74) is 3.29. The van der Waals surface area contributed by atoms with E-state index in [1.54, 1.807) is 12.0 Å². The third-order valence-corrected chi connectivity index (χ3v) is 6.02. The Morgan fingerprint density at radius 1 is 1.13 bits per heavy atom. The van der Waals surface area contributed by atoms with E-state index >= 15 is 0 Å². The molecule has 1 aliphatic heterocycles. The quantitative estimate of drug-likeness (QED) is 0.611. The molecule has 162 valence electrons. The SMILES string of the molecule is COc1ccc(C(CNC(=O)CN2CCCCCC2=O)c2c[nH]c3ccccc23)cc1. The molecule has 6 heteroatoms. The van der Waals surface area contributed by atoms with Crippen molar-refractivity contribution in [1.29, 1.82) is 0 Å². The molecule has 31 heavy (non-hydrogen) atoms. The topological polar surface area (TPSA) is 74.4 Å². The monoisotopic (exact) mass is 419 g/mol. The number of carbonyl (C=O) groups excluding carboxylic acids is 2. The zero-order valence-corrected chi connectivity index (χ0v) is 17.9. The Bertz CT molecular complexity index is 1040. The second-order valence-corrected chi connectivity index (χ2v) is 8.05. The van der Waals surface area contributed by atoms with Crippen molar-refractivity contribution in [1.82, 2.24) is 15.2 Å². The summed E-state index contributed by atoms with van der Waals surface area (Å²) in [4.78, 5) is 30.0. The highest BCUT2D eigenvalue weighted by Crippen LogP contribution is 2.31. The van der Waals surface area contributed by atoms with E-state index in [1.807, 2.05) is 48.7 Å². The molecule has 2 aromatic carbocycles. The molecule has 1 atom stereocenters. The maximum absolute atomic E-state index is 12.7. The maximum Gasteiger partial charge on any atom is 0.239 e. The van der Waals surface area contributed by atoms with Gasteiger partial charge in [0.05, 0.1) is 13.7 Å². The first-order valence-corrected chi connectivity index (χ1v) is 10.9. The van der Waals surface area contributed by atoms with Gasteiger partial charge in [0.1, 0.15) is 5.75 Å². The Labute approximate surface area is 182 Å². The van der Waals surface area contributed by atoms with Crippen LogP contribution in [0, 0.1) is 0 Å². The molecule has 2 amide bonds. The molecule has 1 unspecified atom stereocenters. The van der Waals surface area contributed by atoms with Crippen molar-refractivity contribution in [3.05, 3.63) is 65.9 Å². The molecule has 0 saturated carbocycles. The van der Waals surface area contributed by atoms with Gasteiger partial charge >= 0.3 is 0 Å². The van der Waals surface area contributed by atoms with Crippen LogP contribution >= 0.6 is 0 Å². The van der Waals surface area contributed by atoms with Crippen LogP contribution in [0.25, 0.3) is 10.9 Å². The first kappa shape index (κ1) is 21.0. The largest absolute Gasteiger partial charge is 0.497 e. The lowest BCUT2D eigenvalue weighted by Crippen LogP contribution is -2.41. The molecular weight excluding hydrogens is 390 g/mol. The predicted octanol–water partition coefficient (Wildman–Crippen LogP) is 3.83. The number of ether oxygens (including phenoxy) is 1. The first-order valence-electron chi connectivity index (χ1n) is 10.9. The van der Waals surface area contributed by atoms with E-state index < -0.39 is 0 Å². The Balaban J connectivity index is 1.53. The van der Waals surface area contributed by atoms with Gasteiger partial charge in [0.15, 0.2) is 0 Å². The molecule has 2 N–H and O–H groups in total. The van der Waals surface area contributed by atoms with E-state index in [2.05, 4.69) is 16.4 Å². The fourth-order valence-corrected chi connectivity index (χ4v) is 4.28. The van der Waals surface area contributed by atoms with Crippen molar-refractivity contribution < 1.29 is 14.3 Å². The Hall–Kier alpha value is -3.28. The van der Waals surface area contributed by atoms with E-state index in [4.69, 9.17) is 4.74 Å². The minimum atomic E-state index is -0.117. The van der Waals surface area contributed by atoms with Gasteiger partial charge in [-0.05, 0) is 42.2 Å². The lowest BCUT2D eigenvalue weighted by atomic mass is 9.90. The van der Waals surface area contributed by atoms with Crippen LogP contribution in [0.1, 0.15) is 42.7 Å². The molecule has 1 aromatic heterocycles. The van der Waals surface area contributed by atoms with E-state index in [0.29, 0.717) is 19.5 Å². The third kappa shape index (κ3) is 4.90. The van der Waals surface area contributed by atoms with Gasteiger partial charge in [-0.25, -0.2) is 0 Å². The van der Waals surface area contributed by atoms with Gasteiger partial charge in [0, 0.05) is 42.5 Å². The highest BCUT2D eigenvalue weighted by Gasteiger charge is 2.22. The van der Waals surface area contributed by atoms with Gasteiger partial charge in [-0.15, -0.1) is 0 Å². The molecule has 0 aliphatic carbocycles. The lowest BCUT2D eigenvalue weighted by molar-refractivity contribution is -0.135. The summed E-state index contributed by atoms with van der Waals surface area (Å²) >= 11 is 0. The van der Waals surface area contributed by atoms with Crippen molar-refractivity contribution in [2.45, 2.75) is 31.6 Å². The van der Waals surface area contributed by atoms with Gasteiger partial charge in [0.25, 0.3) is 0 Å². The number of hydrogen-bond acceptors (Lipinski definition) is 3. The zero-order chi connectivity index (χ0) is 21.6. The predicted molar refractivity (Wildman–Crippen MR) is 121 cm³/mol. The summed E-state index contributed by atoms with van der Waals surface area (Å²) in [5.74, 6) is 0.737. The number of likely N-dealkylation sites (tertiary alicyclic amines) is 1.